The second-order valence-corrected chi connectivity index (χ2v) is 20.6. The zero-order valence-electron chi connectivity index (χ0n) is 40.2. The summed E-state index contributed by atoms with van der Waals surface area (Å²) in [5, 5.41) is 80.2. The number of aliphatic hydroxyl groups is 7. The Morgan fingerprint density at radius 1 is 0.672 bits per heavy atom. The maximum absolute atomic E-state index is 13.7. The van der Waals surface area contributed by atoms with Gasteiger partial charge in [0.1, 0.15) is 71.9 Å². The molecular formula is C47H74O20. The van der Waals surface area contributed by atoms with Crippen LogP contribution in [0.15, 0.2) is 11.6 Å². The van der Waals surface area contributed by atoms with E-state index in [4.69, 9.17) is 47.4 Å². The van der Waals surface area contributed by atoms with Crippen LogP contribution in [0, 0.1) is 28.6 Å². The number of hydrogen-bond acceptors (Lipinski definition) is 20. The van der Waals surface area contributed by atoms with Gasteiger partial charge in [-0.1, -0.05) is 19.9 Å². The van der Waals surface area contributed by atoms with Crippen LogP contribution in [0.5, 0.6) is 0 Å². The van der Waals surface area contributed by atoms with Crippen LogP contribution in [-0.2, 0) is 61.8 Å². The largest absolute Gasteiger partial charge is 0.458 e. The zero-order chi connectivity index (χ0) is 49.3. The van der Waals surface area contributed by atoms with Crippen LogP contribution in [-0.4, -0.2) is 183 Å². The van der Waals surface area contributed by atoms with Crippen LogP contribution in [0.2, 0.25) is 0 Å². The lowest BCUT2D eigenvalue weighted by molar-refractivity contribution is -0.386. The quantitative estimate of drug-likeness (QED) is 0.0804. The number of esters is 2. The van der Waals surface area contributed by atoms with Gasteiger partial charge in [0.25, 0.3) is 0 Å². The first-order chi connectivity index (χ1) is 31.4. The fourth-order valence-corrected chi connectivity index (χ4v) is 13.4. The highest BCUT2D eigenvalue weighted by Crippen LogP contribution is 2.71. The minimum Gasteiger partial charge on any atom is -0.458 e. The number of carbonyl (C=O) groups excluding carboxylic acids is 3. The fraction of sp³-hybridized carbons (Fsp3) is 0.894. The van der Waals surface area contributed by atoms with Crippen LogP contribution in [0.3, 0.4) is 0 Å². The molecule has 67 heavy (non-hydrogen) atoms. The molecule has 3 saturated heterocycles. The predicted molar refractivity (Wildman–Crippen MR) is 229 cm³/mol. The third-order valence-corrected chi connectivity index (χ3v) is 17.1. The lowest BCUT2D eigenvalue weighted by Crippen LogP contribution is -2.81. The normalized spacial score (nSPS) is 51.2. The summed E-state index contributed by atoms with van der Waals surface area (Å²) < 4.78 is 59.7. The summed E-state index contributed by atoms with van der Waals surface area (Å²) >= 11 is 0. The molecule has 20 heteroatoms. The van der Waals surface area contributed by atoms with Gasteiger partial charge in [-0.25, -0.2) is 4.79 Å². The summed E-state index contributed by atoms with van der Waals surface area (Å²) in [5.41, 5.74) is -5.63. The van der Waals surface area contributed by atoms with Crippen molar-refractivity contribution in [3.8, 4) is 0 Å². The molecule has 382 valence electrons. The number of ether oxygens (including phenoxy) is 10. The first-order valence-electron chi connectivity index (χ1n) is 23.8. The van der Waals surface area contributed by atoms with Crippen molar-refractivity contribution in [3.63, 3.8) is 0 Å². The smallest absolute Gasteiger partial charge is 0.333 e. The lowest BCUT2D eigenvalue weighted by atomic mass is 9.39. The molecule has 24 atom stereocenters. The van der Waals surface area contributed by atoms with E-state index in [0.717, 1.165) is 0 Å². The summed E-state index contributed by atoms with van der Waals surface area (Å²) in [6.07, 6.45) is -16.0. The zero-order valence-corrected chi connectivity index (χ0v) is 40.2. The van der Waals surface area contributed by atoms with Crippen molar-refractivity contribution in [1.29, 1.82) is 0 Å². The number of Topliss-reactive ketones (excluding diaryl/α,β-unsaturated/α-hetero) is 1. The van der Waals surface area contributed by atoms with Crippen molar-refractivity contribution >= 4 is 17.7 Å². The van der Waals surface area contributed by atoms with Gasteiger partial charge < -0.3 is 83.1 Å². The third-order valence-electron chi connectivity index (χ3n) is 17.1. The number of ketones is 1. The van der Waals surface area contributed by atoms with Crippen molar-refractivity contribution in [2.75, 3.05) is 14.2 Å². The Balaban J connectivity index is 1.03. The van der Waals surface area contributed by atoms with Gasteiger partial charge in [-0.3, -0.25) is 9.59 Å². The molecule has 3 aliphatic heterocycles. The van der Waals surface area contributed by atoms with Crippen molar-refractivity contribution in [1.82, 2.24) is 0 Å². The van der Waals surface area contributed by atoms with Crippen molar-refractivity contribution in [3.05, 3.63) is 11.6 Å². The molecule has 0 aromatic heterocycles. The second-order valence-electron chi connectivity index (χ2n) is 20.6. The van der Waals surface area contributed by atoms with Crippen LogP contribution in [0.25, 0.3) is 0 Å². The number of rotatable bonds is 12. The van der Waals surface area contributed by atoms with Crippen molar-refractivity contribution in [2.45, 2.75) is 222 Å². The average Bonchev–Trinajstić information content (AvgIpc) is 3.56. The summed E-state index contributed by atoms with van der Waals surface area (Å²) in [4.78, 5) is 39.9. The lowest BCUT2D eigenvalue weighted by Gasteiger charge is -2.69. The molecule has 0 bridgehead atoms. The summed E-state index contributed by atoms with van der Waals surface area (Å²) in [7, 11) is 2.59. The minimum atomic E-state index is -1.87. The van der Waals surface area contributed by atoms with E-state index in [2.05, 4.69) is 0 Å². The van der Waals surface area contributed by atoms with Crippen LogP contribution in [0.4, 0.5) is 0 Å². The van der Waals surface area contributed by atoms with Crippen LogP contribution >= 0.6 is 0 Å². The number of aliphatic hydroxyl groups excluding tert-OH is 5. The molecule has 0 aromatic rings. The standard InChI is InChI=1S/C47H74O20/c1-11-20(2)40(55)64-37-38-44(7)15-13-26(18-25(44)12-16-46(38,56)47(57)17-14-27(21(3)48)45(47,8)39(37)62-24(6)49)63-29-19-28(50)34(22(4)60-29)65-43-33(54)36(58-9)35(23(5)61-43)66-42-32(53)30(51)31(52)41(59-10)67-42/h11,22-23,25-39,41-43,50-54,56-57H,12-19H2,1-10H3/b20-11+/t22-,23-,25+,26+,27-,28-,29+,30+,31+,32-,33-,34-,35-,36+,37+,38-,39-,41+,42-,43+,44+,45+,46+,47-/m1/s1. The molecule has 0 spiro atoms. The highest BCUT2D eigenvalue weighted by atomic mass is 16.8. The number of hydrogen-bond donors (Lipinski definition) is 7. The van der Waals surface area contributed by atoms with E-state index in [0.29, 0.717) is 31.3 Å². The molecule has 0 amide bonds. The van der Waals surface area contributed by atoms with Crippen LogP contribution in [0.1, 0.15) is 107 Å². The van der Waals surface area contributed by atoms with E-state index >= 15 is 0 Å². The Kier molecular flexibility index (Phi) is 15.5. The Morgan fingerprint density at radius 2 is 1.31 bits per heavy atom. The summed E-state index contributed by atoms with van der Waals surface area (Å²) in [6, 6.07) is 0. The van der Waals surface area contributed by atoms with E-state index in [1.807, 2.05) is 6.92 Å². The van der Waals surface area contributed by atoms with Crippen LogP contribution < -0.4 is 0 Å². The molecule has 0 aromatic carbocycles. The van der Waals surface area contributed by atoms with E-state index < -0.39 is 144 Å². The average molecular weight is 959 g/mol. The van der Waals surface area contributed by atoms with Crippen molar-refractivity contribution in [2.24, 2.45) is 28.6 Å². The van der Waals surface area contributed by atoms with E-state index in [1.165, 1.54) is 28.1 Å². The SMILES string of the molecule is C/C=C(\C)C(=O)O[C@@H]1[C@@H](OC(C)=O)[C@]2(C)[C@@H](C(C)=O)CC[C@]2(O)[C@]2(O)CC[C@H]3C[C@@H](O[C@H]4C[C@@H](O)[C@H](O[C@@H]5O[C@H](C)[C@@H](O[C@@H]6O[C@H](OC)[C@@H](O)[C@H](O)[C@H]6O)[C@@H](OC)[C@H]5O)[C@@H](C)O4)CC[C@]3(C)[C@@H]12. The maximum atomic E-state index is 13.7. The molecule has 7 fully saturated rings. The van der Waals surface area contributed by atoms with Gasteiger partial charge in [0, 0.05) is 50.4 Å². The number of fused-ring (bicyclic) bond motifs is 5. The highest BCUT2D eigenvalue weighted by Gasteiger charge is 2.81. The Morgan fingerprint density at radius 3 is 1.93 bits per heavy atom. The molecule has 4 aliphatic carbocycles. The molecular weight excluding hydrogens is 884 g/mol. The first kappa shape index (κ1) is 52.6. The molecule has 7 rings (SSSR count). The molecule has 0 unspecified atom stereocenters. The van der Waals surface area contributed by atoms with Gasteiger partial charge in [0.05, 0.1) is 24.4 Å². The first-order valence-corrected chi connectivity index (χ1v) is 23.8. The maximum Gasteiger partial charge on any atom is 0.333 e. The summed E-state index contributed by atoms with van der Waals surface area (Å²) in [6.45, 7) is 13.0. The van der Waals surface area contributed by atoms with Gasteiger partial charge in [-0.2, -0.15) is 0 Å². The highest BCUT2D eigenvalue weighted by molar-refractivity contribution is 5.88. The van der Waals surface area contributed by atoms with Gasteiger partial charge >= 0.3 is 11.9 Å². The van der Waals surface area contributed by atoms with Gasteiger partial charge in [-0.05, 0) is 90.9 Å². The van der Waals surface area contributed by atoms with E-state index in [9.17, 15) is 50.1 Å². The van der Waals surface area contributed by atoms with Gasteiger partial charge in [-0.15, -0.1) is 0 Å². The van der Waals surface area contributed by atoms with Gasteiger partial charge in [0.15, 0.2) is 25.2 Å². The molecule has 3 heterocycles. The molecule has 20 nitrogen and oxygen atoms in total. The number of methoxy groups -OCH3 is 2. The summed E-state index contributed by atoms with van der Waals surface area (Å²) in [5.74, 6) is -3.35. The third kappa shape index (κ3) is 8.85. The fourth-order valence-electron chi connectivity index (χ4n) is 13.4. The van der Waals surface area contributed by atoms with E-state index in [-0.39, 0.29) is 43.5 Å². The molecule has 7 aliphatic rings. The van der Waals surface area contributed by atoms with Crippen molar-refractivity contribution < 1.29 is 97.5 Å². The molecule has 4 saturated carbocycles. The van der Waals surface area contributed by atoms with Gasteiger partial charge in [0.2, 0.25) is 0 Å². The number of carbonyl (C=O) groups is 3. The Hall–Kier alpha value is -2.25. The van der Waals surface area contributed by atoms with E-state index in [1.54, 1.807) is 40.7 Å². The monoisotopic (exact) mass is 958 g/mol. The predicted octanol–water partition coefficient (Wildman–Crippen LogP) is 0.677. The number of allylic oxidation sites excluding steroid dienone is 1. The molecule has 7 N–H and O–H groups in total. The Labute approximate surface area is 391 Å². The minimum absolute atomic E-state index is 0.00863. The Bertz CT molecular complexity index is 1820. The topological polar surface area (TPSA) is 285 Å². The second kappa shape index (κ2) is 19.7. The molecule has 0 radical (unpaired) electrons.